The molecule has 2 aliphatic heterocycles. The Balaban J connectivity index is 1.40. The van der Waals surface area contributed by atoms with Crippen molar-refractivity contribution < 1.29 is 14.3 Å². The first-order valence-electron chi connectivity index (χ1n) is 9.04. The Kier molecular flexibility index (Phi) is 6.10. The van der Waals surface area contributed by atoms with Gasteiger partial charge in [-0.2, -0.15) is 0 Å². The number of carbonyl (C=O) groups excluding carboxylic acids is 1. The molecule has 2 atom stereocenters. The van der Waals surface area contributed by atoms with Gasteiger partial charge >= 0.3 is 0 Å². The number of nitrogens with one attached hydrogen (secondary N) is 1. The van der Waals surface area contributed by atoms with E-state index in [4.69, 9.17) is 9.47 Å². The molecule has 5 heteroatoms. The summed E-state index contributed by atoms with van der Waals surface area (Å²) in [5, 5.41) is 2.96. The van der Waals surface area contributed by atoms with Crippen LogP contribution in [0.2, 0.25) is 0 Å². The molecule has 1 amide bonds. The maximum absolute atomic E-state index is 12.2. The first kappa shape index (κ1) is 17.2. The molecule has 0 radical (unpaired) electrons. The van der Waals surface area contributed by atoms with Gasteiger partial charge in [-0.05, 0) is 56.0 Å². The van der Waals surface area contributed by atoms with E-state index in [1.807, 2.05) is 24.3 Å². The minimum Gasteiger partial charge on any atom is -0.492 e. The number of rotatable bonds is 6. The average Bonchev–Trinajstić information content (AvgIpc) is 3.02. The molecule has 1 aromatic rings. The second kappa shape index (κ2) is 8.49. The van der Waals surface area contributed by atoms with Crippen LogP contribution in [0.15, 0.2) is 24.3 Å². The van der Waals surface area contributed by atoms with Gasteiger partial charge in [0.25, 0.3) is 0 Å². The highest BCUT2D eigenvalue weighted by Crippen LogP contribution is 2.20. The van der Waals surface area contributed by atoms with Crippen molar-refractivity contribution in [2.24, 2.45) is 11.8 Å². The van der Waals surface area contributed by atoms with Crippen molar-refractivity contribution >= 4 is 11.6 Å². The van der Waals surface area contributed by atoms with Crippen LogP contribution >= 0.6 is 0 Å². The molecule has 1 N–H and O–H groups in total. The van der Waals surface area contributed by atoms with Crippen LogP contribution in [0.5, 0.6) is 5.75 Å². The van der Waals surface area contributed by atoms with Crippen LogP contribution in [-0.4, -0.2) is 50.3 Å². The number of hydrogen-bond donors (Lipinski definition) is 1. The molecular formula is C19H28N2O3. The number of likely N-dealkylation sites (tertiary alicyclic amines) is 1. The van der Waals surface area contributed by atoms with Crippen molar-refractivity contribution in [3.8, 4) is 5.75 Å². The molecule has 0 saturated carbocycles. The van der Waals surface area contributed by atoms with E-state index in [1.54, 1.807) is 0 Å². The summed E-state index contributed by atoms with van der Waals surface area (Å²) in [5.74, 6) is 1.67. The van der Waals surface area contributed by atoms with Gasteiger partial charge in [-0.1, -0.05) is 6.92 Å². The van der Waals surface area contributed by atoms with Crippen molar-refractivity contribution in [3.05, 3.63) is 24.3 Å². The number of amides is 1. The Morgan fingerprint density at radius 3 is 2.83 bits per heavy atom. The van der Waals surface area contributed by atoms with Gasteiger partial charge in [0.15, 0.2) is 0 Å². The molecule has 24 heavy (non-hydrogen) atoms. The molecule has 0 aromatic heterocycles. The van der Waals surface area contributed by atoms with Crippen molar-refractivity contribution in [1.29, 1.82) is 0 Å². The molecule has 2 heterocycles. The van der Waals surface area contributed by atoms with Crippen LogP contribution in [0.1, 0.15) is 26.2 Å². The molecule has 2 aliphatic rings. The van der Waals surface area contributed by atoms with E-state index in [0.717, 1.165) is 43.3 Å². The highest BCUT2D eigenvalue weighted by atomic mass is 16.5. The van der Waals surface area contributed by atoms with E-state index >= 15 is 0 Å². The third-order valence-electron chi connectivity index (χ3n) is 4.84. The maximum Gasteiger partial charge on any atom is 0.229 e. The summed E-state index contributed by atoms with van der Waals surface area (Å²) >= 11 is 0. The minimum absolute atomic E-state index is 0.0301. The summed E-state index contributed by atoms with van der Waals surface area (Å²) in [7, 11) is 0. The molecule has 5 nitrogen and oxygen atoms in total. The summed E-state index contributed by atoms with van der Waals surface area (Å²) in [6.45, 7) is 7.64. The normalized spacial score (nSPS) is 24.7. The van der Waals surface area contributed by atoms with Crippen LogP contribution < -0.4 is 10.1 Å². The highest BCUT2D eigenvalue weighted by molar-refractivity contribution is 5.92. The van der Waals surface area contributed by atoms with Crippen LogP contribution in [0.4, 0.5) is 5.69 Å². The Morgan fingerprint density at radius 1 is 1.33 bits per heavy atom. The molecule has 132 valence electrons. The van der Waals surface area contributed by atoms with E-state index in [-0.39, 0.29) is 11.8 Å². The SMILES string of the molecule is C[C@H]1CCN(CCOc2ccc(NC(=O)[C@H]3CCCOC3)cc2)C1. The number of ether oxygens (including phenoxy) is 2. The Bertz CT molecular complexity index is 526. The monoisotopic (exact) mass is 332 g/mol. The molecule has 3 rings (SSSR count). The number of anilines is 1. The lowest BCUT2D eigenvalue weighted by Gasteiger charge is -2.21. The predicted molar refractivity (Wildman–Crippen MR) is 94.3 cm³/mol. The Morgan fingerprint density at radius 2 is 2.17 bits per heavy atom. The minimum atomic E-state index is -0.0301. The van der Waals surface area contributed by atoms with Gasteiger partial charge in [-0.25, -0.2) is 0 Å². The van der Waals surface area contributed by atoms with Gasteiger partial charge in [0, 0.05) is 25.4 Å². The molecule has 1 aromatic carbocycles. The second-order valence-corrected chi connectivity index (χ2v) is 6.97. The molecule has 0 unspecified atom stereocenters. The van der Waals surface area contributed by atoms with Crippen LogP contribution in [0, 0.1) is 11.8 Å². The summed E-state index contributed by atoms with van der Waals surface area (Å²) in [4.78, 5) is 14.6. The summed E-state index contributed by atoms with van der Waals surface area (Å²) in [6.07, 6.45) is 3.16. The first-order valence-corrected chi connectivity index (χ1v) is 9.04. The van der Waals surface area contributed by atoms with Crippen LogP contribution in [0.25, 0.3) is 0 Å². The van der Waals surface area contributed by atoms with E-state index in [9.17, 15) is 4.79 Å². The zero-order chi connectivity index (χ0) is 16.8. The van der Waals surface area contributed by atoms with Crippen molar-refractivity contribution in [2.75, 3.05) is 44.8 Å². The molecule has 0 spiro atoms. The van der Waals surface area contributed by atoms with Crippen molar-refractivity contribution in [3.63, 3.8) is 0 Å². The highest BCUT2D eigenvalue weighted by Gasteiger charge is 2.21. The van der Waals surface area contributed by atoms with E-state index in [0.29, 0.717) is 13.2 Å². The van der Waals surface area contributed by atoms with Gasteiger partial charge in [-0.3, -0.25) is 9.69 Å². The molecule has 2 saturated heterocycles. The smallest absolute Gasteiger partial charge is 0.229 e. The summed E-state index contributed by atoms with van der Waals surface area (Å²) in [5.41, 5.74) is 0.811. The average molecular weight is 332 g/mol. The lowest BCUT2D eigenvalue weighted by atomic mass is 10.0. The summed E-state index contributed by atoms with van der Waals surface area (Å²) < 4.78 is 11.2. The Labute approximate surface area is 144 Å². The van der Waals surface area contributed by atoms with Crippen molar-refractivity contribution in [2.45, 2.75) is 26.2 Å². The topological polar surface area (TPSA) is 50.8 Å². The Hall–Kier alpha value is -1.59. The lowest BCUT2D eigenvalue weighted by Crippen LogP contribution is -2.30. The van der Waals surface area contributed by atoms with Crippen LogP contribution in [-0.2, 0) is 9.53 Å². The van der Waals surface area contributed by atoms with Gasteiger partial charge in [-0.15, -0.1) is 0 Å². The summed E-state index contributed by atoms with van der Waals surface area (Å²) in [6, 6.07) is 7.63. The fourth-order valence-electron chi connectivity index (χ4n) is 3.35. The molecule has 2 fully saturated rings. The van der Waals surface area contributed by atoms with Crippen LogP contribution in [0.3, 0.4) is 0 Å². The van der Waals surface area contributed by atoms with Gasteiger partial charge in [0.05, 0.1) is 12.5 Å². The van der Waals surface area contributed by atoms with Crippen molar-refractivity contribution in [1.82, 2.24) is 4.90 Å². The van der Waals surface area contributed by atoms with Gasteiger partial charge in [0.1, 0.15) is 12.4 Å². The lowest BCUT2D eigenvalue weighted by molar-refractivity contribution is -0.123. The van der Waals surface area contributed by atoms with Gasteiger partial charge in [0.2, 0.25) is 5.91 Å². The van der Waals surface area contributed by atoms with E-state index < -0.39 is 0 Å². The third-order valence-corrected chi connectivity index (χ3v) is 4.84. The fraction of sp³-hybridized carbons (Fsp3) is 0.632. The predicted octanol–water partition coefficient (Wildman–Crippen LogP) is 2.77. The fourth-order valence-corrected chi connectivity index (χ4v) is 3.35. The molecular weight excluding hydrogens is 304 g/mol. The van der Waals surface area contributed by atoms with E-state index in [1.165, 1.54) is 19.5 Å². The number of hydrogen-bond acceptors (Lipinski definition) is 4. The largest absolute Gasteiger partial charge is 0.492 e. The standard InChI is InChI=1S/C19H28N2O3/c1-15-8-9-21(13-15)10-12-24-18-6-4-17(5-7-18)20-19(22)16-3-2-11-23-14-16/h4-7,15-16H,2-3,8-14H2,1H3,(H,20,22)/t15-,16-/m0/s1. The molecule has 0 aliphatic carbocycles. The molecule has 0 bridgehead atoms. The van der Waals surface area contributed by atoms with E-state index in [2.05, 4.69) is 17.1 Å². The third kappa shape index (κ3) is 4.95. The zero-order valence-electron chi connectivity index (χ0n) is 14.5. The zero-order valence-corrected chi connectivity index (χ0v) is 14.5. The van der Waals surface area contributed by atoms with Gasteiger partial charge < -0.3 is 14.8 Å². The number of nitrogens with zero attached hydrogens (tertiary/aromatic N) is 1. The first-order chi connectivity index (χ1) is 11.7. The quantitative estimate of drug-likeness (QED) is 0.870. The maximum atomic E-state index is 12.2. The number of benzene rings is 1. The second-order valence-electron chi connectivity index (χ2n) is 6.97. The number of carbonyl (C=O) groups is 1.